The lowest BCUT2D eigenvalue weighted by atomic mass is 10.0. The summed E-state index contributed by atoms with van der Waals surface area (Å²) in [5.41, 5.74) is 0.530. The number of nitriles is 1. The van der Waals surface area contributed by atoms with Crippen LogP contribution in [0.4, 0.5) is 4.79 Å². The molecule has 1 unspecified atom stereocenters. The molecule has 2 rings (SSSR count). The molecule has 1 saturated heterocycles. The minimum atomic E-state index is -0.837. The summed E-state index contributed by atoms with van der Waals surface area (Å²) in [5, 5.41) is 12.6. The number of halogens is 2. The summed E-state index contributed by atoms with van der Waals surface area (Å²) in [6, 6.07) is 4.57. The molecule has 8 heteroatoms. The summed E-state index contributed by atoms with van der Waals surface area (Å²) < 4.78 is 5.75. The van der Waals surface area contributed by atoms with E-state index in [2.05, 4.69) is 39.3 Å². The topological polar surface area (TPSA) is 68.6 Å². The van der Waals surface area contributed by atoms with Gasteiger partial charge in [0.25, 0.3) is 0 Å². The van der Waals surface area contributed by atoms with Gasteiger partial charge in [-0.3, -0.25) is 0 Å². The van der Waals surface area contributed by atoms with Gasteiger partial charge in [0.05, 0.1) is 22.7 Å². The molecule has 0 bridgehead atoms. The molecular formula is C17H22BrClN4O2. The zero-order chi connectivity index (χ0) is 18.6. The van der Waals surface area contributed by atoms with Crippen molar-refractivity contribution < 1.29 is 9.53 Å². The molecule has 0 spiro atoms. The first-order chi connectivity index (χ1) is 11.9. The number of ether oxygens (including phenoxy) is 1. The van der Waals surface area contributed by atoms with Gasteiger partial charge < -0.3 is 19.9 Å². The summed E-state index contributed by atoms with van der Waals surface area (Å²) in [7, 11) is 5.38. The lowest BCUT2D eigenvalue weighted by Gasteiger charge is -2.35. The minimum absolute atomic E-state index is 0.175. The smallest absolute Gasteiger partial charge is 0.318 e. The Hall–Kier alpha value is -1.49. The molecule has 0 aliphatic carbocycles. The fourth-order valence-corrected chi connectivity index (χ4v) is 3.67. The molecule has 1 aromatic carbocycles. The van der Waals surface area contributed by atoms with Crippen LogP contribution in [0.25, 0.3) is 0 Å². The number of likely N-dealkylation sites (tertiary alicyclic amines) is 1. The molecule has 1 aliphatic rings. The van der Waals surface area contributed by atoms with Crippen LogP contribution in [0.3, 0.4) is 0 Å². The average Bonchev–Trinajstić information content (AvgIpc) is 2.62. The van der Waals surface area contributed by atoms with Gasteiger partial charge in [0.1, 0.15) is 11.8 Å². The lowest BCUT2D eigenvalue weighted by molar-refractivity contribution is 0.147. The number of nitrogens with one attached hydrogen (secondary N) is 1. The number of rotatable bonds is 4. The number of carbonyl (C=O) groups is 1. The van der Waals surface area contributed by atoms with Crippen LogP contribution in [0.15, 0.2) is 16.6 Å². The molecule has 2 amide bonds. The number of methoxy groups -OCH3 is 1. The molecule has 1 atom stereocenters. The van der Waals surface area contributed by atoms with Crippen LogP contribution in [0, 0.1) is 11.3 Å². The van der Waals surface area contributed by atoms with Gasteiger partial charge in [0.15, 0.2) is 0 Å². The largest absolute Gasteiger partial charge is 0.496 e. The van der Waals surface area contributed by atoms with Crippen LogP contribution in [0.1, 0.15) is 24.4 Å². The summed E-state index contributed by atoms with van der Waals surface area (Å²) in [6.07, 6.45) is 1.85. The number of benzene rings is 1. The van der Waals surface area contributed by atoms with Gasteiger partial charge in [-0.15, -0.1) is 0 Å². The Labute approximate surface area is 161 Å². The van der Waals surface area contributed by atoms with Gasteiger partial charge in [-0.1, -0.05) is 17.7 Å². The van der Waals surface area contributed by atoms with Crippen LogP contribution >= 0.6 is 27.5 Å². The molecule has 1 N–H and O–H groups in total. The highest BCUT2D eigenvalue weighted by molar-refractivity contribution is 9.10. The van der Waals surface area contributed by atoms with E-state index < -0.39 is 6.04 Å². The first kappa shape index (κ1) is 19.8. The first-order valence-electron chi connectivity index (χ1n) is 8.02. The number of carbonyl (C=O) groups excluding carboxylic acids is 1. The molecule has 1 aromatic rings. The molecule has 25 heavy (non-hydrogen) atoms. The van der Waals surface area contributed by atoms with Crippen LogP contribution in [0.2, 0.25) is 5.02 Å². The van der Waals surface area contributed by atoms with Crippen molar-refractivity contribution in [2.24, 2.45) is 0 Å². The molecule has 1 heterocycles. The van der Waals surface area contributed by atoms with Crippen molar-refractivity contribution in [2.75, 3.05) is 34.3 Å². The Bertz CT molecular complexity index is 671. The number of urea groups is 1. The van der Waals surface area contributed by atoms with E-state index in [4.69, 9.17) is 16.3 Å². The van der Waals surface area contributed by atoms with Crippen LogP contribution < -0.4 is 10.1 Å². The maximum Gasteiger partial charge on any atom is 0.318 e. The lowest BCUT2D eigenvalue weighted by Crippen LogP contribution is -2.48. The second-order valence-corrected chi connectivity index (χ2v) is 7.31. The third-order valence-electron chi connectivity index (χ3n) is 4.56. The number of nitrogens with zero attached hydrogens (tertiary/aromatic N) is 3. The predicted molar refractivity (Wildman–Crippen MR) is 101 cm³/mol. The van der Waals surface area contributed by atoms with Crippen molar-refractivity contribution in [3.8, 4) is 11.8 Å². The zero-order valence-electron chi connectivity index (χ0n) is 14.6. The maximum absolute atomic E-state index is 12.6. The number of hydrogen-bond donors (Lipinski definition) is 1. The van der Waals surface area contributed by atoms with E-state index in [1.165, 1.54) is 7.11 Å². The summed E-state index contributed by atoms with van der Waals surface area (Å²) in [5.74, 6) is 0.570. The van der Waals surface area contributed by atoms with Crippen molar-refractivity contribution in [3.63, 3.8) is 0 Å². The van der Waals surface area contributed by atoms with E-state index in [1.54, 1.807) is 24.1 Å². The van der Waals surface area contributed by atoms with Crippen LogP contribution in [0.5, 0.6) is 5.75 Å². The number of hydrogen-bond acceptors (Lipinski definition) is 4. The van der Waals surface area contributed by atoms with E-state index in [9.17, 15) is 10.1 Å². The summed E-state index contributed by atoms with van der Waals surface area (Å²) >= 11 is 9.69. The van der Waals surface area contributed by atoms with E-state index in [0.29, 0.717) is 20.8 Å². The van der Waals surface area contributed by atoms with Gasteiger partial charge >= 0.3 is 6.03 Å². The van der Waals surface area contributed by atoms with Crippen molar-refractivity contribution >= 4 is 33.6 Å². The van der Waals surface area contributed by atoms with Gasteiger partial charge in [-0.05, 0) is 55.0 Å². The molecule has 0 saturated carbocycles. The fraction of sp³-hybridized carbons (Fsp3) is 0.529. The van der Waals surface area contributed by atoms with Crippen molar-refractivity contribution in [1.82, 2.24) is 15.1 Å². The van der Waals surface area contributed by atoms with E-state index >= 15 is 0 Å². The highest BCUT2D eigenvalue weighted by Gasteiger charge is 2.27. The average molecular weight is 430 g/mol. The Kier molecular flexibility index (Phi) is 6.94. The molecule has 1 aliphatic heterocycles. The van der Waals surface area contributed by atoms with E-state index in [1.807, 2.05) is 0 Å². The fourth-order valence-electron chi connectivity index (χ4n) is 2.88. The van der Waals surface area contributed by atoms with Crippen molar-refractivity contribution in [2.45, 2.75) is 24.9 Å². The van der Waals surface area contributed by atoms with Crippen molar-refractivity contribution in [1.29, 1.82) is 5.26 Å². The number of piperidine rings is 1. The highest BCUT2D eigenvalue weighted by Crippen LogP contribution is 2.37. The van der Waals surface area contributed by atoms with Gasteiger partial charge in [-0.25, -0.2) is 4.79 Å². The second-order valence-electron chi connectivity index (χ2n) is 6.14. The Morgan fingerprint density at radius 3 is 2.72 bits per heavy atom. The van der Waals surface area contributed by atoms with Gasteiger partial charge in [-0.2, -0.15) is 5.26 Å². The Morgan fingerprint density at radius 2 is 2.16 bits per heavy atom. The Morgan fingerprint density at radius 1 is 1.52 bits per heavy atom. The molecule has 0 aromatic heterocycles. The Balaban J connectivity index is 2.10. The highest BCUT2D eigenvalue weighted by atomic mass is 79.9. The van der Waals surface area contributed by atoms with E-state index in [0.717, 1.165) is 25.9 Å². The van der Waals surface area contributed by atoms with Gasteiger partial charge in [0, 0.05) is 18.7 Å². The molecule has 136 valence electrons. The third-order valence-corrected chi connectivity index (χ3v) is 5.98. The second kappa shape index (κ2) is 8.75. The third kappa shape index (κ3) is 4.57. The van der Waals surface area contributed by atoms with E-state index in [-0.39, 0.29) is 12.1 Å². The quantitative estimate of drug-likeness (QED) is 0.796. The number of amides is 2. The van der Waals surface area contributed by atoms with Crippen LogP contribution in [-0.4, -0.2) is 56.2 Å². The maximum atomic E-state index is 12.6. The monoisotopic (exact) mass is 428 g/mol. The molecule has 0 radical (unpaired) electrons. The zero-order valence-corrected chi connectivity index (χ0v) is 16.9. The normalized spacial score (nSPS) is 16.8. The molecule has 6 nitrogen and oxygen atoms in total. The SMILES string of the molecule is COc1ccc(C(C#N)NC(=O)N(C)C2CCN(C)CC2)c(Cl)c1Br. The standard InChI is InChI=1S/C17H22BrClN4O2/c1-22-8-6-11(7-9-22)23(2)17(24)21-13(10-20)12-4-5-14(25-3)15(18)16(12)19/h4-5,11,13H,6-9H2,1-3H3,(H,21,24). The predicted octanol–water partition coefficient (Wildman–Crippen LogP) is 3.41. The molecular weight excluding hydrogens is 408 g/mol. The minimum Gasteiger partial charge on any atom is -0.496 e. The van der Waals surface area contributed by atoms with Crippen LogP contribution in [-0.2, 0) is 0 Å². The van der Waals surface area contributed by atoms with Gasteiger partial charge in [0.2, 0.25) is 0 Å². The first-order valence-corrected chi connectivity index (χ1v) is 9.19. The molecule has 1 fully saturated rings. The van der Waals surface area contributed by atoms with Crippen molar-refractivity contribution in [3.05, 3.63) is 27.2 Å². The summed E-state index contributed by atoms with van der Waals surface area (Å²) in [4.78, 5) is 16.5. The summed E-state index contributed by atoms with van der Waals surface area (Å²) in [6.45, 7) is 1.92.